The van der Waals surface area contributed by atoms with Gasteiger partial charge in [-0.1, -0.05) is 12.1 Å². The van der Waals surface area contributed by atoms with E-state index in [0.29, 0.717) is 11.3 Å². The van der Waals surface area contributed by atoms with Gasteiger partial charge in [0.2, 0.25) is 0 Å². The number of carbonyl (C=O) groups is 1. The van der Waals surface area contributed by atoms with Gasteiger partial charge in [-0.15, -0.1) is 0 Å². The molecule has 1 N–H and O–H groups in total. The SMILES string of the molecule is COc1cccc(C(S)C(=O)O)c1. The van der Waals surface area contributed by atoms with E-state index in [4.69, 9.17) is 9.84 Å². The molecule has 0 amide bonds. The van der Waals surface area contributed by atoms with Crippen LogP contribution in [0.1, 0.15) is 10.8 Å². The second-order valence-electron chi connectivity index (χ2n) is 2.52. The Balaban J connectivity index is 2.94. The number of thiol groups is 1. The zero-order chi connectivity index (χ0) is 9.84. The summed E-state index contributed by atoms with van der Waals surface area (Å²) >= 11 is 3.95. The molecule has 1 rings (SSSR count). The first-order valence-electron chi connectivity index (χ1n) is 3.70. The molecule has 3 nitrogen and oxygen atoms in total. The summed E-state index contributed by atoms with van der Waals surface area (Å²) in [6, 6.07) is 6.85. The molecule has 1 aromatic rings. The number of methoxy groups -OCH3 is 1. The molecule has 0 spiro atoms. The van der Waals surface area contributed by atoms with Crippen LogP contribution < -0.4 is 4.74 Å². The van der Waals surface area contributed by atoms with Crippen molar-refractivity contribution < 1.29 is 14.6 Å². The lowest BCUT2D eigenvalue weighted by Gasteiger charge is -2.07. The Bertz CT molecular complexity index is 311. The van der Waals surface area contributed by atoms with Crippen LogP contribution in [0.5, 0.6) is 5.75 Å². The molecule has 1 atom stereocenters. The van der Waals surface area contributed by atoms with E-state index in [-0.39, 0.29) is 0 Å². The minimum atomic E-state index is -0.961. The first-order chi connectivity index (χ1) is 6.15. The highest BCUT2D eigenvalue weighted by atomic mass is 32.1. The molecule has 0 bridgehead atoms. The van der Waals surface area contributed by atoms with E-state index in [1.807, 2.05) is 0 Å². The first-order valence-corrected chi connectivity index (χ1v) is 4.21. The standard InChI is InChI=1S/C9H10O3S/c1-12-7-4-2-3-6(5-7)8(13)9(10)11/h2-5,8,13H,1H3,(H,10,11). The topological polar surface area (TPSA) is 46.5 Å². The Labute approximate surface area is 81.8 Å². The van der Waals surface area contributed by atoms with Crippen molar-refractivity contribution in [3.05, 3.63) is 29.8 Å². The second-order valence-corrected chi connectivity index (χ2v) is 3.03. The second kappa shape index (κ2) is 4.18. The Morgan fingerprint density at radius 2 is 2.31 bits per heavy atom. The fraction of sp³-hybridized carbons (Fsp3) is 0.222. The van der Waals surface area contributed by atoms with Crippen LogP contribution in [0.25, 0.3) is 0 Å². The molecule has 4 heteroatoms. The van der Waals surface area contributed by atoms with Gasteiger partial charge in [0.15, 0.2) is 0 Å². The number of hydrogen-bond donors (Lipinski definition) is 2. The minimum Gasteiger partial charge on any atom is -0.497 e. The van der Waals surface area contributed by atoms with Crippen LogP contribution in [0.15, 0.2) is 24.3 Å². The maximum atomic E-state index is 10.6. The lowest BCUT2D eigenvalue weighted by molar-refractivity contribution is -0.136. The third kappa shape index (κ3) is 2.39. The van der Waals surface area contributed by atoms with Crippen molar-refractivity contribution in [2.24, 2.45) is 0 Å². The number of hydrogen-bond acceptors (Lipinski definition) is 3. The smallest absolute Gasteiger partial charge is 0.320 e. The Kier molecular flexibility index (Phi) is 3.19. The van der Waals surface area contributed by atoms with Crippen LogP contribution in [0.4, 0.5) is 0 Å². The van der Waals surface area contributed by atoms with Crippen molar-refractivity contribution in [2.75, 3.05) is 7.11 Å². The molecule has 0 aliphatic rings. The van der Waals surface area contributed by atoms with E-state index >= 15 is 0 Å². The normalized spacial score (nSPS) is 12.2. The summed E-state index contributed by atoms with van der Waals surface area (Å²) in [5, 5.41) is 7.89. The van der Waals surface area contributed by atoms with Gasteiger partial charge in [-0.3, -0.25) is 4.79 Å². The molecule has 0 saturated carbocycles. The quantitative estimate of drug-likeness (QED) is 0.727. The van der Waals surface area contributed by atoms with Gasteiger partial charge in [0.25, 0.3) is 0 Å². The number of aliphatic carboxylic acids is 1. The third-order valence-corrected chi connectivity index (χ3v) is 2.16. The zero-order valence-electron chi connectivity index (χ0n) is 7.10. The van der Waals surface area contributed by atoms with Gasteiger partial charge < -0.3 is 9.84 Å². The van der Waals surface area contributed by atoms with E-state index < -0.39 is 11.2 Å². The maximum absolute atomic E-state index is 10.6. The fourth-order valence-corrected chi connectivity index (χ4v) is 1.11. The molecule has 0 aromatic heterocycles. The van der Waals surface area contributed by atoms with E-state index in [2.05, 4.69) is 12.6 Å². The summed E-state index contributed by atoms with van der Waals surface area (Å²) < 4.78 is 4.96. The summed E-state index contributed by atoms with van der Waals surface area (Å²) in [6.45, 7) is 0. The molecule has 0 aliphatic carbocycles. The summed E-state index contributed by atoms with van der Waals surface area (Å²) in [7, 11) is 1.54. The molecule has 0 radical (unpaired) electrons. The Hall–Kier alpha value is -1.16. The van der Waals surface area contributed by atoms with Crippen molar-refractivity contribution >= 4 is 18.6 Å². The van der Waals surface area contributed by atoms with Crippen LogP contribution in [-0.2, 0) is 4.79 Å². The van der Waals surface area contributed by atoms with Crippen LogP contribution in [-0.4, -0.2) is 18.2 Å². The van der Waals surface area contributed by atoms with Crippen LogP contribution in [0, 0.1) is 0 Å². The monoisotopic (exact) mass is 198 g/mol. The number of ether oxygens (including phenoxy) is 1. The van der Waals surface area contributed by atoms with Crippen molar-refractivity contribution in [1.29, 1.82) is 0 Å². The van der Waals surface area contributed by atoms with Gasteiger partial charge in [0.1, 0.15) is 11.0 Å². The number of carboxylic acids is 1. The summed E-state index contributed by atoms with van der Waals surface area (Å²) in [5.41, 5.74) is 0.621. The van der Waals surface area contributed by atoms with Crippen LogP contribution in [0.3, 0.4) is 0 Å². The van der Waals surface area contributed by atoms with Gasteiger partial charge in [-0.2, -0.15) is 12.6 Å². The molecule has 13 heavy (non-hydrogen) atoms. The van der Waals surface area contributed by atoms with Crippen molar-refractivity contribution in [3.63, 3.8) is 0 Å². The van der Waals surface area contributed by atoms with Gasteiger partial charge in [-0.25, -0.2) is 0 Å². The van der Waals surface area contributed by atoms with Crippen molar-refractivity contribution in [2.45, 2.75) is 5.25 Å². The number of benzene rings is 1. The lowest BCUT2D eigenvalue weighted by Crippen LogP contribution is -2.04. The third-order valence-electron chi connectivity index (χ3n) is 1.64. The average molecular weight is 198 g/mol. The molecule has 0 aliphatic heterocycles. The van der Waals surface area contributed by atoms with Gasteiger partial charge in [-0.05, 0) is 17.7 Å². The maximum Gasteiger partial charge on any atom is 0.320 e. The number of carboxylic acid groups (broad SMARTS) is 1. The van der Waals surface area contributed by atoms with E-state index in [0.717, 1.165) is 0 Å². The van der Waals surface area contributed by atoms with Crippen LogP contribution in [0.2, 0.25) is 0 Å². The average Bonchev–Trinajstić information content (AvgIpc) is 2.16. The van der Waals surface area contributed by atoms with E-state index in [9.17, 15) is 4.79 Å². The Morgan fingerprint density at radius 3 is 2.85 bits per heavy atom. The highest BCUT2D eigenvalue weighted by Crippen LogP contribution is 2.23. The summed E-state index contributed by atoms with van der Waals surface area (Å²) in [6.07, 6.45) is 0. The minimum absolute atomic E-state index is 0.621. The fourth-order valence-electron chi connectivity index (χ4n) is 0.954. The van der Waals surface area contributed by atoms with Crippen molar-refractivity contribution in [3.8, 4) is 5.75 Å². The molecule has 1 unspecified atom stereocenters. The summed E-state index contributed by atoms with van der Waals surface area (Å²) in [4.78, 5) is 10.6. The highest BCUT2D eigenvalue weighted by Gasteiger charge is 2.14. The molecular weight excluding hydrogens is 188 g/mol. The largest absolute Gasteiger partial charge is 0.497 e. The lowest BCUT2D eigenvalue weighted by atomic mass is 10.1. The predicted molar refractivity (Wildman–Crippen MR) is 52.4 cm³/mol. The first kappa shape index (κ1) is 9.92. The van der Waals surface area contributed by atoms with E-state index in [1.54, 1.807) is 24.3 Å². The van der Waals surface area contributed by atoms with Gasteiger partial charge in [0.05, 0.1) is 7.11 Å². The summed E-state index contributed by atoms with van der Waals surface area (Å²) in [5.74, 6) is -0.325. The van der Waals surface area contributed by atoms with Crippen LogP contribution >= 0.6 is 12.6 Å². The van der Waals surface area contributed by atoms with Gasteiger partial charge in [0, 0.05) is 0 Å². The molecule has 0 saturated heterocycles. The van der Waals surface area contributed by atoms with Crippen molar-refractivity contribution in [1.82, 2.24) is 0 Å². The zero-order valence-corrected chi connectivity index (χ0v) is 7.99. The Morgan fingerprint density at radius 1 is 1.62 bits per heavy atom. The number of rotatable bonds is 3. The predicted octanol–water partition coefficient (Wildman–Crippen LogP) is 1.75. The highest BCUT2D eigenvalue weighted by molar-refractivity contribution is 7.81. The molecule has 0 heterocycles. The molecule has 1 aromatic carbocycles. The van der Waals surface area contributed by atoms with E-state index in [1.165, 1.54) is 7.11 Å². The molecule has 70 valence electrons. The van der Waals surface area contributed by atoms with Gasteiger partial charge >= 0.3 is 5.97 Å². The molecular formula is C9H10O3S. The molecule has 0 fully saturated rings.